The van der Waals surface area contributed by atoms with Crippen molar-refractivity contribution in [3.8, 4) is 5.75 Å². The molecule has 0 bridgehead atoms. The number of carbonyl (C=O) groups is 2. The number of hydrogen-bond acceptors (Lipinski definition) is 5. The highest BCUT2D eigenvalue weighted by Gasteiger charge is 2.16. The van der Waals surface area contributed by atoms with Gasteiger partial charge in [0.05, 0.1) is 13.7 Å². The van der Waals surface area contributed by atoms with Crippen molar-refractivity contribution >= 4 is 33.3 Å². The summed E-state index contributed by atoms with van der Waals surface area (Å²) in [5, 5.41) is 3.47. The Morgan fingerprint density at radius 2 is 2.04 bits per heavy atom. The molecule has 1 aliphatic rings. The van der Waals surface area contributed by atoms with E-state index in [1.807, 2.05) is 21.6 Å². The molecule has 0 radical (unpaired) electrons. The van der Waals surface area contributed by atoms with Gasteiger partial charge in [-0.25, -0.2) is 0 Å². The Morgan fingerprint density at radius 3 is 2.70 bits per heavy atom. The van der Waals surface area contributed by atoms with Gasteiger partial charge in [-0.1, -0.05) is 28.0 Å². The molecule has 23 heavy (non-hydrogen) atoms. The number of benzene rings is 1. The lowest BCUT2D eigenvalue weighted by Crippen LogP contribution is -2.29. The van der Waals surface area contributed by atoms with Crippen LogP contribution in [0.2, 0.25) is 0 Å². The lowest BCUT2D eigenvalue weighted by atomic mass is 10.1. The lowest BCUT2D eigenvalue weighted by Gasteiger charge is -2.07. The molecule has 0 spiro atoms. The molecule has 0 aromatic heterocycles. The van der Waals surface area contributed by atoms with Gasteiger partial charge in [0, 0.05) is 23.0 Å². The Balaban J connectivity index is 1.60. The number of carbonyl (C=O) groups excluding carboxylic acids is 2. The van der Waals surface area contributed by atoms with Crippen molar-refractivity contribution in [3.63, 3.8) is 0 Å². The van der Waals surface area contributed by atoms with Gasteiger partial charge in [-0.05, 0) is 43.5 Å². The predicted octanol–water partition coefficient (Wildman–Crippen LogP) is 3.71. The highest BCUT2D eigenvalue weighted by Crippen LogP contribution is 2.39. The van der Waals surface area contributed by atoms with Crippen LogP contribution in [0.25, 0.3) is 0 Å². The van der Waals surface area contributed by atoms with Crippen LogP contribution in [-0.2, 0) is 4.79 Å². The molecule has 0 saturated carbocycles. The summed E-state index contributed by atoms with van der Waals surface area (Å²) in [6.07, 6.45) is 4.95. The maximum Gasteiger partial charge on any atom is 0.220 e. The highest BCUT2D eigenvalue weighted by molar-refractivity contribution is 8.77. The molecule has 6 heteroatoms. The van der Waals surface area contributed by atoms with Crippen LogP contribution in [0, 0.1) is 0 Å². The first-order valence-corrected chi connectivity index (χ1v) is 10.3. The zero-order valence-electron chi connectivity index (χ0n) is 13.4. The normalized spacial score (nSPS) is 17.0. The minimum absolute atomic E-state index is 0.0414. The zero-order valence-corrected chi connectivity index (χ0v) is 15.0. The molecule has 1 unspecified atom stereocenters. The number of nitrogens with one attached hydrogen (secondary N) is 1. The average molecular weight is 354 g/mol. The molecule has 1 aromatic carbocycles. The summed E-state index contributed by atoms with van der Waals surface area (Å²) in [5.74, 6) is 1.84. The van der Waals surface area contributed by atoms with Gasteiger partial charge in [-0.15, -0.1) is 0 Å². The number of Topliss-reactive ketones (excluding diaryl/α,β-unsaturated/α-hetero) is 1. The van der Waals surface area contributed by atoms with Gasteiger partial charge >= 0.3 is 0 Å². The summed E-state index contributed by atoms with van der Waals surface area (Å²) in [7, 11) is 5.51. The summed E-state index contributed by atoms with van der Waals surface area (Å²) in [6.45, 7) is 0.0558. The average Bonchev–Trinajstić information content (AvgIpc) is 3.10. The van der Waals surface area contributed by atoms with Crippen LogP contribution >= 0.6 is 21.6 Å². The van der Waals surface area contributed by atoms with E-state index in [2.05, 4.69) is 5.32 Å². The highest BCUT2D eigenvalue weighted by atomic mass is 33.1. The maximum absolute atomic E-state index is 12.0. The van der Waals surface area contributed by atoms with Gasteiger partial charge in [0.15, 0.2) is 5.78 Å². The third kappa shape index (κ3) is 6.47. The van der Waals surface area contributed by atoms with E-state index in [4.69, 9.17) is 4.74 Å². The second-order valence-corrected chi connectivity index (χ2v) is 8.29. The minimum Gasteiger partial charge on any atom is -0.497 e. The van der Waals surface area contributed by atoms with E-state index in [0.717, 1.165) is 18.1 Å². The number of ether oxygens (including phenoxy) is 1. The van der Waals surface area contributed by atoms with Crippen LogP contribution in [0.4, 0.5) is 0 Å². The van der Waals surface area contributed by atoms with E-state index in [-0.39, 0.29) is 18.2 Å². The van der Waals surface area contributed by atoms with Gasteiger partial charge < -0.3 is 10.1 Å². The second-order valence-electron chi connectivity index (χ2n) is 5.50. The van der Waals surface area contributed by atoms with E-state index in [0.29, 0.717) is 17.7 Å². The van der Waals surface area contributed by atoms with Gasteiger partial charge in [0.2, 0.25) is 5.91 Å². The fourth-order valence-electron chi connectivity index (χ4n) is 2.37. The van der Waals surface area contributed by atoms with E-state index in [1.165, 1.54) is 18.6 Å². The van der Waals surface area contributed by atoms with Crippen LogP contribution in [0.15, 0.2) is 24.3 Å². The molecule has 1 heterocycles. The Kier molecular flexibility index (Phi) is 7.82. The molecule has 126 valence electrons. The summed E-state index contributed by atoms with van der Waals surface area (Å²) in [6, 6.07) is 6.91. The monoisotopic (exact) mass is 353 g/mol. The Labute approximate surface area is 145 Å². The number of methoxy groups -OCH3 is 1. The summed E-state index contributed by atoms with van der Waals surface area (Å²) in [5.41, 5.74) is 0.585. The Hall–Kier alpha value is -1.14. The van der Waals surface area contributed by atoms with E-state index < -0.39 is 0 Å². The van der Waals surface area contributed by atoms with Crippen molar-refractivity contribution in [2.75, 3.05) is 19.4 Å². The predicted molar refractivity (Wildman–Crippen MR) is 97.3 cm³/mol. The molecule has 1 fully saturated rings. The Morgan fingerprint density at radius 1 is 1.26 bits per heavy atom. The minimum atomic E-state index is -0.0830. The van der Waals surface area contributed by atoms with Crippen LogP contribution < -0.4 is 10.1 Å². The number of rotatable bonds is 9. The van der Waals surface area contributed by atoms with Gasteiger partial charge in [0.25, 0.3) is 0 Å². The largest absolute Gasteiger partial charge is 0.497 e. The van der Waals surface area contributed by atoms with Crippen LogP contribution in [-0.4, -0.2) is 36.3 Å². The molecule has 1 saturated heterocycles. The third-order valence-electron chi connectivity index (χ3n) is 3.77. The lowest BCUT2D eigenvalue weighted by molar-refractivity contribution is -0.121. The summed E-state index contributed by atoms with van der Waals surface area (Å²) in [4.78, 5) is 23.8. The van der Waals surface area contributed by atoms with Crippen LogP contribution in [0.1, 0.15) is 42.5 Å². The van der Waals surface area contributed by atoms with Crippen molar-refractivity contribution in [3.05, 3.63) is 29.8 Å². The van der Waals surface area contributed by atoms with Gasteiger partial charge in [0.1, 0.15) is 5.75 Å². The maximum atomic E-state index is 12.0. The molecular weight excluding hydrogens is 330 g/mol. The number of hydrogen-bond donors (Lipinski definition) is 1. The SMILES string of the molecule is COc1ccc(C(=O)CNC(=O)CCCCC2CCSS2)cc1. The molecule has 1 N–H and O–H groups in total. The topological polar surface area (TPSA) is 55.4 Å². The van der Waals surface area contributed by atoms with E-state index in [9.17, 15) is 9.59 Å². The molecule has 1 aromatic rings. The first kappa shape index (κ1) is 18.2. The molecule has 0 aliphatic carbocycles. The number of ketones is 1. The first-order chi connectivity index (χ1) is 11.2. The fourth-order valence-corrected chi connectivity index (χ4v) is 5.40. The summed E-state index contributed by atoms with van der Waals surface area (Å²) >= 11 is 0. The molecular formula is C17H23NO3S2. The van der Waals surface area contributed by atoms with Crippen molar-refractivity contribution < 1.29 is 14.3 Å². The van der Waals surface area contributed by atoms with Crippen molar-refractivity contribution in [1.29, 1.82) is 0 Å². The van der Waals surface area contributed by atoms with Crippen LogP contribution in [0.5, 0.6) is 5.75 Å². The van der Waals surface area contributed by atoms with Gasteiger partial charge in [-0.3, -0.25) is 9.59 Å². The number of amides is 1. The van der Waals surface area contributed by atoms with Gasteiger partial charge in [-0.2, -0.15) is 0 Å². The third-order valence-corrected chi connectivity index (χ3v) is 6.77. The smallest absolute Gasteiger partial charge is 0.220 e. The standard InChI is InChI=1S/C17H23NO3S2/c1-21-14-8-6-13(7-9-14)16(19)12-18-17(20)5-3-2-4-15-10-11-22-23-15/h6-9,15H,2-5,10-12H2,1H3,(H,18,20). The second kappa shape index (κ2) is 9.88. The van der Waals surface area contributed by atoms with E-state index >= 15 is 0 Å². The summed E-state index contributed by atoms with van der Waals surface area (Å²) < 4.78 is 5.05. The molecule has 1 amide bonds. The quantitative estimate of drug-likeness (QED) is 0.417. The van der Waals surface area contributed by atoms with E-state index in [1.54, 1.807) is 31.4 Å². The molecule has 1 atom stereocenters. The van der Waals surface area contributed by atoms with Crippen molar-refractivity contribution in [2.24, 2.45) is 0 Å². The molecule has 1 aliphatic heterocycles. The molecule has 2 rings (SSSR count). The van der Waals surface area contributed by atoms with Crippen molar-refractivity contribution in [2.45, 2.75) is 37.4 Å². The van der Waals surface area contributed by atoms with Crippen LogP contribution in [0.3, 0.4) is 0 Å². The number of unbranched alkanes of at least 4 members (excludes halogenated alkanes) is 1. The first-order valence-electron chi connectivity index (χ1n) is 7.91. The fraction of sp³-hybridized carbons (Fsp3) is 0.529. The molecule has 4 nitrogen and oxygen atoms in total. The van der Waals surface area contributed by atoms with Crippen molar-refractivity contribution in [1.82, 2.24) is 5.32 Å². The Bertz CT molecular complexity index is 513. The zero-order chi connectivity index (χ0) is 16.5.